The minimum Gasteiger partial charge on any atom is -0.214 e. The molecule has 0 aliphatic rings. The molecule has 0 aliphatic carbocycles. The van der Waals surface area contributed by atoms with Gasteiger partial charge in [0.05, 0.1) is 0 Å². The van der Waals surface area contributed by atoms with Crippen molar-refractivity contribution in [3.05, 3.63) is 181 Å². The zero-order chi connectivity index (χ0) is 27.5. The Kier molecular flexibility index (Phi) is 13.7. The molecule has 0 unspecified atom stereocenters. The number of hydrogen-bond donors (Lipinski definition) is 0. The first-order chi connectivity index (χ1) is 19.0. The van der Waals surface area contributed by atoms with Gasteiger partial charge >= 0.3 is 35.9 Å². The summed E-state index contributed by atoms with van der Waals surface area (Å²) in [6, 6.07) is 44.1. The van der Waals surface area contributed by atoms with Gasteiger partial charge in [-0.2, -0.15) is 58.2 Å². The summed E-state index contributed by atoms with van der Waals surface area (Å²) in [4.78, 5) is 0. The zero-order valence-corrected chi connectivity index (χ0v) is 23.6. The van der Waals surface area contributed by atoms with Gasteiger partial charge in [-0.1, -0.05) is 48.5 Å². The van der Waals surface area contributed by atoms with Crippen LogP contribution in [0.1, 0.15) is 0 Å². The first kappa shape index (κ1) is 33.7. The van der Waals surface area contributed by atoms with Gasteiger partial charge in [0, 0.05) is 0 Å². The minimum absolute atomic E-state index is 0. The topological polar surface area (TPSA) is 0 Å². The Morgan fingerprint density at radius 3 is 0.707 bits per heavy atom. The van der Waals surface area contributed by atoms with E-state index in [0.717, 1.165) is 21.9 Å². The molecule has 0 radical (unpaired) electrons. The summed E-state index contributed by atoms with van der Waals surface area (Å²) in [5.74, 6) is -1.57. The molecule has 6 aromatic rings. The molecule has 0 aromatic heterocycles. The summed E-state index contributed by atoms with van der Waals surface area (Å²) in [6.45, 7) is 0. The number of rotatable bonds is 4. The Balaban J connectivity index is 0.000000412. The molecule has 0 saturated heterocycles. The van der Waals surface area contributed by atoms with Crippen molar-refractivity contribution in [3.63, 3.8) is 0 Å². The van der Waals surface area contributed by atoms with Crippen LogP contribution in [0.5, 0.6) is 0 Å². The van der Waals surface area contributed by atoms with Crippen molar-refractivity contribution in [1.82, 2.24) is 0 Å². The zero-order valence-electron chi connectivity index (χ0n) is 22.5. The van der Waals surface area contributed by atoms with Gasteiger partial charge in [0.25, 0.3) is 0 Å². The van der Waals surface area contributed by atoms with Crippen LogP contribution >= 0.6 is 0 Å². The second-order valence-corrected chi connectivity index (χ2v) is 9.00. The number of benzene rings is 4. The van der Waals surface area contributed by atoms with Crippen LogP contribution in [-0.4, -0.2) is 6.15 Å². The molecule has 0 nitrogen and oxygen atoms in total. The minimum atomic E-state index is -1.94. The molecule has 6 rings (SSSR count). The van der Waals surface area contributed by atoms with Crippen molar-refractivity contribution in [3.8, 4) is 0 Å². The largest absolute Gasteiger partial charge is 2.00 e. The Morgan fingerprint density at radius 1 is 0.366 bits per heavy atom. The molecule has 202 valence electrons. The predicted molar refractivity (Wildman–Crippen MR) is 154 cm³/mol. The van der Waals surface area contributed by atoms with E-state index < -0.39 is 29.4 Å². The van der Waals surface area contributed by atoms with Crippen LogP contribution in [0.25, 0.3) is 0 Å². The quantitative estimate of drug-likeness (QED) is 0.170. The predicted octanol–water partition coefficient (Wildman–Crippen LogP) is 3.43. The normalized spacial score (nSPS) is 10.0. The maximum Gasteiger partial charge on any atom is 2.00 e. The molecular weight excluding hydrogens is 558 g/mol. The summed E-state index contributed by atoms with van der Waals surface area (Å²) in [6.07, 6.45) is -1.94. The molecule has 0 atom stereocenters. The molecule has 41 heavy (non-hydrogen) atoms. The van der Waals surface area contributed by atoms with Gasteiger partial charge in [-0.25, -0.2) is 41.8 Å². The molecule has 0 bridgehead atoms. The van der Waals surface area contributed by atoms with Crippen molar-refractivity contribution < 1.29 is 53.5 Å². The van der Waals surface area contributed by atoms with Gasteiger partial charge in [-0.15, -0.1) is 0 Å². The second kappa shape index (κ2) is 16.7. The summed E-state index contributed by atoms with van der Waals surface area (Å²) in [5, 5.41) is 0. The summed E-state index contributed by atoms with van der Waals surface area (Å²) < 4.78 is 54.8. The van der Waals surface area contributed by atoms with Crippen molar-refractivity contribution in [2.75, 3.05) is 0 Å². The van der Waals surface area contributed by atoms with Crippen LogP contribution in [0.3, 0.4) is 0 Å². The Bertz CT molecular complexity index is 1250. The van der Waals surface area contributed by atoms with Crippen LogP contribution in [0, 0.1) is 23.3 Å². The van der Waals surface area contributed by atoms with E-state index in [9.17, 15) is 17.6 Å². The summed E-state index contributed by atoms with van der Waals surface area (Å²) in [5.41, 5.74) is 2.99. The Hall–Kier alpha value is -3.52. The van der Waals surface area contributed by atoms with E-state index in [0.29, 0.717) is 0 Å². The van der Waals surface area contributed by atoms with Crippen LogP contribution in [-0.2, 0) is 17.1 Å². The maximum absolute atomic E-state index is 13.7. The Labute approximate surface area is 261 Å². The van der Waals surface area contributed by atoms with Gasteiger partial charge in [0.1, 0.15) is 29.4 Å². The SMILES string of the molecule is Fc1ccc([B-](c2ccc(F)cc2)(c2ccc(F)cc2)c2ccc(F)cc2)cc1.[Fe+2].[Li+].c1cc[cH-]c1.c1cc[cH-]c1. The molecule has 0 fully saturated rings. The van der Waals surface area contributed by atoms with E-state index in [2.05, 4.69) is 0 Å². The van der Waals surface area contributed by atoms with E-state index in [-0.39, 0.29) is 35.9 Å². The Morgan fingerprint density at radius 2 is 0.561 bits per heavy atom. The molecule has 0 saturated carbocycles. The van der Waals surface area contributed by atoms with E-state index in [4.69, 9.17) is 0 Å². The number of hydrogen-bond acceptors (Lipinski definition) is 0. The van der Waals surface area contributed by atoms with Crippen molar-refractivity contribution >= 4 is 28.0 Å². The summed E-state index contributed by atoms with van der Waals surface area (Å²) >= 11 is 0. The molecule has 0 aliphatic heterocycles. The second-order valence-electron chi connectivity index (χ2n) is 9.00. The van der Waals surface area contributed by atoms with Crippen molar-refractivity contribution in [2.24, 2.45) is 0 Å². The fourth-order valence-corrected chi connectivity index (χ4v) is 4.80. The molecule has 0 N–H and O–H groups in total. The fourth-order valence-electron chi connectivity index (χ4n) is 4.80. The molecular formula is C34H26BF4FeLi. The van der Waals surface area contributed by atoms with Gasteiger partial charge < -0.3 is 0 Å². The van der Waals surface area contributed by atoms with Crippen molar-refractivity contribution in [1.29, 1.82) is 0 Å². The van der Waals surface area contributed by atoms with Gasteiger partial charge in [-0.05, 0) is 48.5 Å². The third kappa shape index (κ3) is 8.73. The first-order valence-corrected chi connectivity index (χ1v) is 12.5. The standard InChI is InChI=1S/C24H16BF4.2C5H5.Fe.Li/c26-21-9-1-17(2-10-21)25(18-3-11-22(27)12-4-18,19-5-13-23(28)14-6-19)20-7-15-24(29)16-8-20;2*1-2-4-5-3-1;;/h1-16H;2*1-5H;;/q3*-1;+2;+1. The van der Waals surface area contributed by atoms with Crippen LogP contribution in [0.4, 0.5) is 17.6 Å². The third-order valence-corrected chi connectivity index (χ3v) is 6.59. The third-order valence-electron chi connectivity index (χ3n) is 6.59. The fraction of sp³-hybridized carbons (Fsp3) is 0. The average molecular weight is 584 g/mol. The van der Waals surface area contributed by atoms with E-state index in [1.165, 1.54) is 48.5 Å². The maximum atomic E-state index is 13.7. The smallest absolute Gasteiger partial charge is 0.214 e. The number of halogens is 4. The average Bonchev–Trinajstić information content (AvgIpc) is 3.73. The molecule has 0 amide bonds. The van der Waals surface area contributed by atoms with Gasteiger partial charge in [0.15, 0.2) is 0 Å². The van der Waals surface area contributed by atoms with E-state index in [1.807, 2.05) is 60.7 Å². The van der Waals surface area contributed by atoms with Crippen molar-refractivity contribution in [2.45, 2.75) is 0 Å². The molecule has 7 heteroatoms. The van der Waals surface area contributed by atoms with Crippen LogP contribution in [0.15, 0.2) is 158 Å². The summed E-state index contributed by atoms with van der Waals surface area (Å²) in [7, 11) is 0. The van der Waals surface area contributed by atoms with E-state index in [1.54, 1.807) is 48.5 Å². The van der Waals surface area contributed by atoms with Gasteiger partial charge in [-0.3, -0.25) is 0 Å². The monoisotopic (exact) mass is 584 g/mol. The molecule has 0 heterocycles. The first-order valence-electron chi connectivity index (χ1n) is 12.5. The van der Waals surface area contributed by atoms with E-state index >= 15 is 0 Å². The van der Waals surface area contributed by atoms with Gasteiger partial charge in [0.2, 0.25) is 0 Å². The van der Waals surface area contributed by atoms with Crippen LogP contribution in [0.2, 0.25) is 0 Å². The molecule has 0 spiro atoms. The molecule has 6 aromatic carbocycles. The van der Waals surface area contributed by atoms with Crippen LogP contribution < -0.4 is 40.7 Å².